The van der Waals surface area contributed by atoms with Gasteiger partial charge in [0.05, 0.1) is 18.7 Å². The van der Waals surface area contributed by atoms with E-state index in [0.29, 0.717) is 23.9 Å². The van der Waals surface area contributed by atoms with Crippen molar-refractivity contribution in [2.45, 2.75) is 12.6 Å². The third-order valence-corrected chi connectivity index (χ3v) is 4.24. The zero-order chi connectivity index (χ0) is 16.2. The second-order valence-corrected chi connectivity index (χ2v) is 5.85. The number of amides is 1. The number of hydrogen-bond acceptors (Lipinski definition) is 3. The molecule has 0 saturated carbocycles. The van der Waals surface area contributed by atoms with Crippen molar-refractivity contribution in [2.24, 2.45) is 0 Å². The second-order valence-electron chi connectivity index (χ2n) is 5.45. The van der Waals surface area contributed by atoms with Crippen molar-refractivity contribution >= 4 is 17.5 Å². The first kappa shape index (κ1) is 15.8. The maximum Gasteiger partial charge on any atom is 0.249 e. The Morgan fingerprint density at radius 1 is 1.26 bits per heavy atom. The van der Waals surface area contributed by atoms with Crippen LogP contribution < -0.4 is 4.74 Å². The molecule has 1 aliphatic heterocycles. The van der Waals surface area contributed by atoms with Crippen molar-refractivity contribution in [3.05, 3.63) is 64.7 Å². The number of carbonyl (C=O) groups is 1. The minimum atomic E-state index is -0.227. The minimum Gasteiger partial charge on any atom is -0.497 e. The molecule has 1 fully saturated rings. The highest BCUT2D eigenvalue weighted by Gasteiger charge is 2.28. The second kappa shape index (κ2) is 7.02. The van der Waals surface area contributed by atoms with Crippen LogP contribution in [0.15, 0.2) is 48.5 Å². The summed E-state index contributed by atoms with van der Waals surface area (Å²) in [7, 11) is 1.60. The molecular weight excluding hydrogens is 314 g/mol. The SMILES string of the molecule is COc1ccc([C@@H]2CN(Cc3ccccc3)C(=O)CO2)c(Cl)c1. The highest BCUT2D eigenvalue weighted by atomic mass is 35.5. The van der Waals surface area contributed by atoms with E-state index in [9.17, 15) is 4.79 Å². The van der Waals surface area contributed by atoms with E-state index in [1.807, 2.05) is 47.4 Å². The van der Waals surface area contributed by atoms with Crippen LogP contribution in [0.5, 0.6) is 5.75 Å². The number of carbonyl (C=O) groups excluding carboxylic acids is 1. The molecule has 3 rings (SSSR count). The molecule has 2 aromatic rings. The van der Waals surface area contributed by atoms with E-state index >= 15 is 0 Å². The predicted octanol–water partition coefficient (Wildman–Crippen LogP) is 3.45. The van der Waals surface area contributed by atoms with E-state index in [4.69, 9.17) is 21.1 Å². The quantitative estimate of drug-likeness (QED) is 0.861. The highest BCUT2D eigenvalue weighted by molar-refractivity contribution is 6.31. The van der Waals surface area contributed by atoms with E-state index in [2.05, 4.69) is 0 Å². The van der Waals surface area contributed by atoms with Gasteiger partial charge in [0.2, 0.25) is 5.91 Å². The molecule has 1 heterocycles. The Hall–Kier alpha value is -2.04. The van der Waals surface area contributed by atoms with Crippen molar-refractivity contribution in [1.82, 2.24) is 4.90 Å². The normalized spacial score (nSPS) is 18.1. The number of nitrogens with zero attached hydrogens (tertiary/aromatic N) is 1. The Balaban J connectivity index is 1.76. The van der Waals surface area contributed by atoms with Gasteiger partial charge in [-0.2, -0.15) is 0 Å². The van der Waals surface area contributed by atoms with Gasteiger partial charge in [0.1, 0.15) is 18.5 Å². The first-order valence-electron chi connectivity index (χ1n) is 7.44. The van der Waals surface area contributed by atoms with E-state index in [1.54, 1.807) is 13.2 Å². The highest BCUT2D eigenvalue weighted by Crippen LogP contribution is 2.32. The molecule has 0 N–H and O–H groups in total. The zero-order valence-electron chi connectivity index (χ0n) is 12.9. The minimum absolute atomic E-state index is 0.00487. The van der Waals surface area contributed by atoms with Crippen molar-refractivity contribution in [2.75, 3.05) is 20.3 Å². The molecule has 1 saturated heterocycles. The van der Waals surface area contributed by atoms with Gasteiger partial charge in [0, 0.05) is 12.1 Å². The van der Waals surface area contributed by atoms with Gasteiger partial charge in [-0.25, -0.2) is 0 Å². The lowest BCUT2D eigenvalue weighted by atomic mass is 10.1. The Labute approximate surface area is 140 Å². The maximum absolute atomic E-state index is 12.1. The van der Waals surface area contributed by atoms with E-state index < -0.39 is 0 Å². The molecule has 1 aliphatic rings. The van der Waals surface area contributed by atoms with E-state index in [1.165, 1.54) is 0 Å². The predicted molar refractivity (Wildman–Crippen MR) is 88.6 cm³/mol. The molecule has 0 bridgehead atoms. The van der Waals surface area contributed by atoms with Gasteiger partial charge in [-0.1, -0.05) is 48.0 Å². The van der Waals surface area contributed by atoms with Crippen molar-refractivity contribution < 1.29 is 14.3 Å². The summed E-state index contributed by atoms with van der Waals surface area (Å²) in [4.78, 5) is 13.9. The molecular formula is C18H18ClNO3. The van der Waals surface area contributed by atoms with Crippen LogP contribution in [0, 0.1) is 0 Å². The zero-order valence-corrected chi connectivity index (χ0v) is 13.6. The van der Waals surface area contributed by atoms with Crippen LogP contribution in [0.25, 0.3) is 0 Å². The van der Waals surface area contributed by atoms with Crippen molar-refractivity contribution in [3.8, 4) is 5.75 Å². The summed E-state index contributed by atoms with van der Waals surface area (Å²) in [5.74, 6) is 0.696. The average molecular weight is 332 g/mol. The van der Waals surface area contributed by atoms with Gasteiger partial charge >= 0.3 is 0 Å². The molecule has 0 radical (unpaired) electrons. The fourth-order valence-electron chi connectivity index (χ4n) is 2.66. The smallest absolute Gasteiger partial charge is 0.249 e. The fraction of sp³-hybridized carbons (Fsp3) is 0.278. The largest absolute Gasteiger partial charge is 0.497 e. The van der Waals surface area contributed by atoms with Gasteiger partial charge in [0.25, 0.3) is 0 Å². The lowest BCUT2D eigenvalue weighted by Gasteiger charge is -2.33. The van der Waals surface area contributed by atoms with Gasteiger partial charge < -0.3 is 14.4 Å². The third-order valence-electron chi connectivity index (χ3n) is 3.92. The number of rotatable bonds is 4. The summed E-state index contributed by atoms with van der Waals surface area (Å²) in [6.45, 7) is 1.13. The maximum atomic E-state index is 12.1. The van der Waals surface area contributed by atoms with E-state index in [0.717, 1.165) is 11.1 Å². The molecule has 1 atom stereocenters. The summed E-state index contributed by atoms with van der Waals surface area (Å²) in [6, 6.07) is 15.4. The Morgan fingerprint density at radius 2 is 2.04 bits per heavy atom. The average Bonchev–Trinajstić information content (AvgIpc) is 2.58. The third kappa shape index (κ3) is 3.66. The van der Waals surface area contributed by atoms with Crippen LogP contribution in [-0.2, 0) is 16.1 Å². The van der Waals surface area contributed by atoms with Crippen LogP contribution >= 0.6 is 11.6 Å². The molecule has 23 heavy (non-hydrogen) atoms. The molecule has 120 valence electrons. The molecule has 0 spiro atoms. The lowest BCUT2D eigenvalue weighted by molar-refractivity contribution is -0.150. The summed E-state index contributed by atoms with van der Waals surface area (Å²) in [5, 5.41) is 0.586. The molecule has 0 unspecified atom stereocenters. The Bertz CT molecular complexity index is 690. The summed E-state index contributed by atoms with van der Waals surface area (Å²) >= 11 is 6.32. The molecule has 5 heteroatoms. The number of methoxy groups -OCH3 is 1. The van der Waals surface area contributed by atoms with Crippen LogP contribution in [0.2, 0.25) is 5.02 Å². The number of ether oxygens (including phenoxy) is 2. The summed E-state index contributed by atoms with van der Waals surface area (Å²) < 4.78 is 10.8. The molecule has 0 aromatic heterocycles. The molecule has 1 amide bonds. The van der Waals surface area contributed by atoms with Crippen LogP contribution in [0.1, 0.15) is 17.2 Å². The van der Waals surface area contributed by atoms with Crippen molar-refractivity contribution in [1.29, 1.82) is 0 Å². The number of benzene rings is 2. The molecule has 4 nitrogen and oxygen atoms in total. The number of morpholine rings is 1. The molecule has 0 aliphatic carbocycles. The standard InChI is InChI=1S/C18H18ClNO3/c1-22-14-7-8-15(16(19)9-14)17-11-20(18(21)12-23-17)10-13-5-3-2-4-6-13/h2-9,17H,10-12H2,1H3/t17-/m0/s1. The first-order valence-corrected chi connectivity index (χ1v) is 7.82. The van der Waals surface area contributed by atoms with Gasteiger partial charge in [0.15, 0.2) is 0 Å². The monoisotopic (exact) mass is 331 g/mol. The lowest BCUT2D eigenvalue weighted by Crippen LogP contribution is -2.42. The first-order chi connectivity index (χ1) is 11.2. The summed E-state index contributed by atoms with van der Waals surface area (Å²) in [5.41, 5.74) is 1.97. The topological polar surface area (TPSA) is 38.8 Å². The number of hydrogen-bond donors (Lipinski definition) is 0. The van der Waals surface area contributed by atoms with Crippen LogP contribution in [-0.4, -0.2) is 31.1 Å². The van der Waals surface area contributed by atoms with Crippen LogP contribution in [0.4, 0.5) is 0 Å². The van der Waals surface area contributed by atoms with Gasteiger partial charge in [-0.3, -0.25) is 4.79 Å². The van der Waals surface area contributed by atoms with Gasteiger partial charge in [-0.05, 0) is 17.7 Å². The molecule has 2 aromatic carbocycles. The van der Waals surface area contributed by atoms with Gasteiger partial charge in [-0.15, -0.1) is 0 Å². The van der Waals surface area contributed by atoms with E-state index in [-0.39, 0.29) is 18.6 Å². The Morgan fingerprint density at radius 3 is 2.74 bits per heavy atom. The van der Waals surface area contributed by atoms with Crippen LogP contribution in [0.3, 0.4) is 0 Å². The Kier molecular flexibility index (Phi) is 4.84. The summed E-state index contributed by atoms with van der Waals surface area (Å²) in [6.07, 6.45) is -0.227. The number of halogens is 1. The van der Waals surface area contributed by atoms with Crippen molar-refractivity contribution in [3.63, 3.8) is 0 Å². The fourth-order valence-corrected chi connectivity index (χ4v) is 2.95.